The monoisotopic (exact) mass is 256 g/mol. The van der Waals surface area contributed by atoms with Crippen LogP contribution in [0.25, 0.3) is 0 Å². The lowest BCUT2D eigenvalue weighted by atomic mass is 10.3. The molecule has 1 rings (SSSR count). The molecule has 0 aliphatic rings. The van der Waals surface area contributed by atoms with Gasteiger partial charge in [-0.3, -0.25) is 4.68 Å². The largest absolute Gasteiger partial charge is 0.381 e. The third-order valence-electron chi connectivity index (χ3n) is 2.48. The Bertz CT molecular complexity index is 554. The number of nitrogens with one attached hydrogen (secondary N) is 1. The minimum atomic E-state index is -3.73. The van der Waals surface area contributed by atoms with E-state index >= 15 is 0 Å². The SMILES string of the molecule is C#CC(CC)NS(=O)(=O)c1c(N)nn(C)c1C. The molecule has 1 aromatic heterocycles. The van der Waals surface area contributed by atoms with Crippen molar-refractivity contribution in [3.05, 3.63) is 5.69 Å². The van der Waals surface area contributed by atoms with E-state index < -0.39 is 16.1 Å². The summed E-state index contributed by atoms with van der Waals surface area (Å²) in [6.07, 6.45) is 5.73. The second-order valence-corrected chi connectivity index (χ2v) is 5.32. The highest BCUT2D eigenvalue weighted by Crippen LogP contribution is 2.21. The fraction of sp³-hybridized carbons (Fsp3) is 0.500. The Morgan fingerprint density at radius 3 is 2.59 bits per heavy atom. The normalized spacial score (nSPS) is 13.3. The van der Waals surface area contributed by atoms with Crippen molar-refractivity contribution < 1.29 is 8.42 Å². The maximum atomic E-state index is 12.1. The first-order valence-electron chi connectivity index (χ1n) is 5.11. The minimum absolute atomic E-state index is 0.00583. The summed E-state index contributed by atoms with van der Waals surface area (Å²) in [4.78, 5) is -0.00583. The van der Waals surface area contributed by atoms with E-state index in [4.69, 9.17) is 12.2 Å². The fourth-order valence-corrected chi connectivity index (χ4v) is 2.99. The molecule has 1 heterocycles. The van der Waals surface area contributed by atoms with Gasteiger partial charge < -0.3 is 5.73 Å². The average Bonchev–Trinajstić information content (AvgIpc) is 2.50. The minimum Gasteiger partial charge on any atom is -0.381 e. The van der Waals surface area contributed by atoms with Gasteiger partial charge >= 0.3 is 0 Å². The van der Waals surface area contributed by atoms with Gasteiger partial charge in [0, 0.05) is 7.05 Å². The van der Waals surface area contributed by atoms with E-state index in [1.54, 1.807) is 20.9 Å². The van der Waals surface area contributed by atoms with E-state index in [0.29, 0.717) is 12.1 Å². The van der Waals surface area contributed by atoms with Gasteiger partial charge in [-0.2, -0.15) is 9.82 Å². The molecule has 0 aliphatic heterocycles. The van der Waals surface area contributed by atoms with Crippen molar-refractivity contribution in [1.82, 2.24) is 14.5 Å². The van der Waals surface area contributed by atoms with Crippen molar-refractivity contribution in [2.24, 2.45) is 7.05 Å². The number of aryl methyl sites for hydroxylation is 1. The molecule has 0 aromatic carbocycles. The summed E-state index contributed by atoms with van der Waals surface area (Å²) in [5.41, 5.74) is 6.06. The van der Waals surface area contributed by atoms with Gasteiger partial charge in [0.2, 0.25) is 10.0 Å². The predicted octanol–water partition coefficient (Wildman–Crippen LogP) is 0.000820. The molecular formula is C10H16N4O2S. The number of hydrogen-bond donors (Lipinski definition) is 2. The third kappa shape index (κ3) is 2.60. The van der Waals surface area contributed by atoms with E-state index in [-0.39, 0.29) is 10.7 Å². The molecule has 17 heavy (non-hydrogen) atoms. The van der Waals surface area contributed by atoms with Crippen molar-refractivity contribution >= 4 is 15.8 Å². The number of terminal acetylenes is 1. The topological polar surface area (TPSA) is 90.0 Å². The van der Waals surface area contributed by atoms with Crippen LogP contribution in [-0.2, 0) is 17.1 Å². The highest BCUT2D eigenvalue weighted by Gasteiger charge is 2.26. The number of anilines is 1. The number of nitrogen functional groups attached to an aromatic ring is 1. The van der Waals surface area contributed by atoms with Crippen molar-refractivity contribution in [2.75, 3.05) is 5.73 Å². The average molecular weight is 256 g/mol. The lowest BCUT2D eigenvalue weighted by Gasteiger charge is -2.11. The Morgan fingerprint density at radius 2 is 2.24 bits per heavy atom. The molecule has 1 unspecified atom stereocenters. The molecule has 94 valence electrons. The zero-order valence-electron chi connectivity index (χ0n) is 10.1. The van der Waals surface area contributed by atoms with Crippen molar-refractivity contribution in [2.45, 2.75) is 31.2 Å². The van der Waals surface area contributed by atoms with Gasteiger partial charge in [-0.1, -0.05) is 12.8 Å². The van der Waals surface area contributed by atoms with Crippen LogP contribution in [-0.4, -0.2) is 24.2 Å². The standard InChI is InChI=1S/C10H16N4O2S/c1-5-8(6-2)13-17(15,16)9-7(3)14(4)12-10(9)11/h1,8,13H,6H2,2-4H3,(H2,11,12). The van der Waals surface area contributed by atoms with Crippen molar-refractivity contribution in [3.63, 3.8) is 0 Å². The first-order valence-corrected chi connectivity index (χ1v) is 6.59. The smallest absolute Gasteiger partial charge is 0.247 e. The van der Waals surface area contributed by atoms with Gasteiger partial charge in [-0.25, -0.2) is 8.42 Å². The predicted molar refractivity (Wildman–Crippen MR) is 65.6 cm³/mol. The van der Waals surface area contributed by atoms with Gasteiger partial charge in [0.25, 0.3) is 0 Å². The van der Waals surface area contributed by atoms with Crippen LogP contribution < -0.4 is 10.5 Å². The van der Waals surface area contributed by atoms with Gasteiger partial charge in [0.05, 0.1) is 11.7 Å². The van der Waals surface area contributed by atoms with E-state index in [1.165, 1.54) is 4.68 Å². The number of hydrogen-bond acceptors (Lipinski definition) is 4. The van der Waals surface area contributed by atoms with Crippen LogP contribution in [0.15, 0.2) is 4.90 Å². The second kappa shape index (κ2) is 4.77. The molecule has 0 fully saturated rings. The fourth-order valence-electron chi connectivity index (χ4n) is 1.43. The Labute approximate surface area is 101 Å². The third-order valence-corrected chi connectivity index (χ3v) is 4.12. The molecule has 0 bridgehead atoms. The Balaban J connectivity index is 3.19. The number of sulfonamides is 1. The number of nitrogens with two attached hydrogens (primary N) is 1. The van der Waals surface area contributed by atoms with Gasteiger partial charge in [-0.15, -0.1) is 6.42 Å². The van der Waals surface area contributed by atoms with Gasteiger partial charge in [-0.05, 0) is 13.3 Å². The maximum Gasteiger partial charge on any atom is 0.247 e. The highest BCUT2D eigenvalue weighted by atomic mass is 32.2. The molecule has 0 spiro atoms. The molecule has 1 atom stereocenters. The summed E-state index contributed by atoms with van der Waals surface area (Å²) >= 11 is 0. The molecule has 7 heteroatoms. The summed E-state index contributed by atoms with van der Waals surface area (Å²) in [5, 5.41) is 3.86. The molecule has 0 saturated heterocycles. The summed E-state index contributed by atoms with van der Waals surface area (Å²) in [7, 11) is -2.10. The van der Waals surface area contributed by atoms with Crippen LogP contribution in [0.4, 0.5) is 5.82 Å². The van der Waals surface area contributed by atoms with E-state index in [9.17, 15) is 8.42 Å². The van der Waals surface area contributed by atoms with Crippen LogP contribution in [0.3, 0.4) is 0 Å². The molecule has 3 N–H and O–H groups in total. The van der Waals surface area contributed by atoms with Crippen LogP contribution in [0, 0.1) is 19.3 Å². The quantitative estimate of drug-likeness (QED) is 0.742. The second-order valence-electron chi connectivity index (χ2n) is 3.67. The van der Waals surface area contributed by atoms with Gasteiger partial charge in [0.1, 0.15) is 4.90 Å². The van der Waals surface area contributed by atoms with Crippen LogP contribution >= 0.6 is 0 Å². The van der Waals surface area contributed by atoms with Crippen molar-refractivity contribution in [3.8, 4) is 12.3 Å². The molecule has 6 nitrogen and oxygen atoms in total. The summed E-state index contributed by atoms with van der Waals surface area (Å²) in [6, 6.07) is -0.543. The van der Waals surface area contributed by atoms with E-state index in [1.807, 2.05) is 0 Å². The Kier molecular flexibility index (Phi) is 3.80. The van der Waals surface area contributed by atoms with E-state index in [2.05, 4.69) is 15.7 Å². The summed E-state index contributed by atoms with van der Waals surface area (Å²) < 4.78 is 28.0. The lowest BCUT2D eigenvalue weighted by molar-refractivity contribution is 0.570. The Hall–Kier alpha value is -1.52. The molecule has 0 amide bonds. The number of aromatic nitrogens is 2. The summed E-state index contributed by atoms with van der Waals surface area (Å²) in [5.74, 6) is 2.34. The molecule has 1 aromatic rings. The first-order chi connectivity index (χ1) is 7.83. The molecule has 0 aliphatic carbocycles. The molecule has 0 saturated carbocycles. The lowest BCUT2D eigenvalue weighted by Crippen LogP contribution is -2.33. The first kappa shape index (κ1) is 13.5. The zero-order valence-corrected chi connectivity index (χ0v) is 10.9. The zero-order chi connectivity index (χ0) is 13.2. The van der Waals surface area contributed by atoms with Crippen LogP contribution in [0.1, 0.15) is 19.0 Å². The molecular weight excluding hydrogens is 240 g/mol. The Morgan fingerprint density at radius 1 is 1.65 bits per heavy atom. The number of rotatable bonds is 4. The van der Waals surface area contributed by atoms with Crippen molar-refractivity contribution in [1.29, 1.82) is 0 Å². The maximum absolute atomic E-state index is 12.1. The number of nitrogens with zero attached hydrogens (tertiary/aromatic N) is 2. The van der Waals surface area contributed by atoms with Crippen LogP contribution in [0.5, 0.6) is 0 Å². The van der Waals surface area contributed by atoms with Gasteiger partial charge in [0.15, 0.2) is 5.82 Å². The van der Waals surface area contributed by atoms with E-state index in [0.717, 1.165) is 0 Å². The highest BCUT2D eigenvalue weighted by molar-refractivity contribution is 7.89. The molecule has 0 radical (unpaired) electrons. The summed E-state index contributed by atoms with van der Waals surface area (Å²) in [6.45, 7) is 3.43. The van der Waals surface area contributed by atoms with Crippen LogP contribution in [0.2, 0.25) is 0 Å².